The van der Waals surface area contributed by atoms with Gasteiger partial charge in [0.25, 0.3) is 0 Å². The van der Waals surface area contributed by atoms with Gasteiger partial charge in [-0.25, -0.2) is 9.97 Å². The van der Waals surface area contributed by atoms with E-state index in [1.165, 1.54) is 76.6 Å². The summed E-state index contributed by atoms with van der Waals surface area (Å²) < 4.78 is 0. The highest BCUT2D eigenvalue weighted by molar-refractivity contribution is 5.93. The van der Waals surface area contributed by atoms with E-state index in [-0.39, 0.29) is 5.41 Å². The van der Waals surface area contributed by atoms with E-state index in [4.69, 9.17) is 9.97 Å². The molecule has 1 fully saturated rings. The summed E-state index contributed by atoms with van der Waals surface area (Å²) in [5, 5.41) is 0. The minimum atomic E-state index is 0.139. The van der Waals surface area contributed by atoms with E-state index in [0.29, 0.717) is 0 Å². The molecule has 2 nitrogen and oxygen atoms in total. The van der Waals surface area contributed by atoms with Crippen molar-refractivity contribution in [1.82, 2.24) is 9.97 Å². The third-order valence-electron chi connectivity index (χ3n) is 10.5. The molecule has 2 heteroatoms. The lowest BCUT2D eigenvalue weighted by Gasteiger charge is -2.36. The van der Waals surface area contributed by atoms with Gasteiger partial charge in [-0.05, 0) is 69.5 Å². The largest absolute Gasteiger partial charge is 0.228 e. The number of rotatable bonds is 5. The van der Waals surface area contributed by atoms with Crippen molar-refractivity contribution >= 4 is 0 Å². The first-order chi connectivity index (χ1) is 23.8. The monoisotopic (exact) mass is 616 g/mol. The van der Waals surface area contributed by atoms with Gasteiger partial charge in [0.1, 0.15) is 0 Å². The Morgan fingerprint density at radius 1 is 0.375 bits per heavy atom. The Morgan fingerprint density at radius 2 is 0.917 bits per heavy atom. The highest BCUT2D eigenvalue weighted by atomic mass is 14.9. The predicted octanol–water partition coefficient (Wildman–Crippen LogP) is 12.0. The van der Waals surface area contributed by atoms with Crippen LogP contribution in [0.5, 0.6) is 0 Å². The fourth-order valence-corrected chi connectivity index (χ4v) is 8.21. The van der Waals surface area contributed by atoms with E-state index >= 15 is 0 Å². The second-order valence-corrected chi connectivity index (χ2v) is 13.3. The lowest BCUT2D eigenvalue weighted by Crippen LogP contribution is -2.27. The maximum Gasteiger partial charge on any atom is 0.160 e. The molecule has 1 heterocycles. The first-order valence-electron chi connectivity index (χ1n) is 17.2. The second-order valence-electron chi connectivity index (χ2n) is 13.3. The Hall–Kier alpha value is -5.60. The normalized spacial score (nSPS) is 14.4. The Morgan fingerprint density at radius 3 is 1.69 bits per heavy atom. The summed E-state index contributed by atoms with van der Waals surface area (Å²) in [5.41, 5.74) is 15.9. The molecule has 0 bridgehead atoms. The lowest BCUT2D eigenvalue weighted by molar-refractivity contribution is 0.353. The van der Waals surface area contributed by atoms with Crippen LogP contribution in [0.25, 0.3) is 67.3 Å². The second kappa shape index (κ2) is 11.9. The van der Waals surface area contributed by atoms with E-state index in [1.807, 2.05) is 18.2 Å². The third kappa shape index (κ3) is 4.88. The highest BCUT2D eigenvalue weighted by Crippen LogP contribution is 2.57. The van der Waals surface area contributed by atoms with Gasteiger partial charge in [-0.3, -0.25) is 0 Å². The van der Waals surface area contributed by atoms with Crippen LogP contribution >= 0.6 is 0 Å². The number of aromatic nitrogens is 2. The van der Waals surface area contributed by atoms with Gasteiger partial charge < -0.3 is 0 Å². The summed E-state index contributed by atoms with van der Waals surface area (Å²) in [4.78, 5) is 10.3. The molecule has 0 saturated heterocycles. The number of nitrogens with zero attached hydrogens (tertiary/aromatic N) is 2. The molecule has 48 heavy (non-hydrogen) atoms. The molecule has 1 saturated carbocycles. The fraction of sp³-hybridized carbons (Fsp3) is 0.130. The Kier molecular flexibility index (Phi) is 7.08. The minimum absolute atomic E-state index is 0.139. The van der Waals surface area contributed by atoms with Gasteiger partial charge in [0.2, 0.25) is 0 Å². The molecule has 0 radical (unpaired) electrons. The number of benzene rings is 6. The molecule has 2 aliphatic carbocycles. The Labute approximate surface area is 282 Å². The van der Waals surface area contributed by atoms with Gasteiger partial charge in [-0.1, -0.05) is 165 Å². The third-order valence-corrected chi connectivity index (χ3v) is 10.5. The molecule has 0 unspecified atom stereocenters. The average Bonchev–Trinajstić information content (AvgIpc) is 3.44. The van der Waals surface area contributed by atoms with E-state index in [2.05, 4.69) is 140 Å². The summed E-state index contributed by atoms with van der Waals surface area (Å²) in [6.45, 7) is 0. The van der Waals surface area contributed by atoms with Crippen molar-refractivity contribution in [3.63, 3.8) is 0 Å². The van der Waals surface area contributed by atoms with Crippen molar-refractivity contribution in [2.75, 3.05) is 0 Å². The van der Waals surface area contributed by atoms with Gasteiger partial charge in [-0.2, -0.15) is 0 Å². The summed E-state index contributed by atoms with van der Waals surface area (Å²) in [7, 11) is 0. The van der Waals surface area contributed by atoms with Crippen LogP contribution in [0.2, 0.25) is 0 Å². The molecular weight excluding hydrogens is 581 g/mol. The highest BCUT2D eigenvalue weighted by Gasteiger charge is 2.44. The standard InChI is InChI=1S/C46H36N2/c1-4-14-32(15-5-1)33-24-26-34(27-25-33)42-31-43(48-45(47-42)35-16-6-2-7-17-35)37-19-12-18-36(30-37)38-21-13-23-41-44(38)39-20-8-9-22-40(39)46(41)28-10-3-11-29-46/h1-2,4-9,12-27,30-31H,3,10-11,28-29H2. The molecule has 0 aliphatic heterocycles. The van der Waals surface area contributed by atoms with Gasteiger partial charge in [-0.15, -0.1) is 0 Å². The van der Waals surface area contributed by atoms with Crippen LogP contribution in [-0.2, 0) is 5.41 Å². The lowest BCUT2D eigenvalue weighted by atomic mass is 9.68. The molecule has 0 amide bonds. The van der Waals surface area contributed by atoms with Crippen LogP contribution in [0.4, 0.5) is 0 Å². The van der Waals surface area contributed by atoms with Crippen molar-refractivity contribution in [2.45, 2.75) is 37.5 Å². The molecular formula is C46H36N2. The maximum absolute atomic E-state index is 5.16. The summed E-state index contributed by atoms with van der Waals surface area (Å²) >= 11 is 0. The van der Waals surface area contributed by atoms with E-state index in [9.17, 15) is 0 Å². The quantitative estimate of drug-likeness (QED) is 0.192. The van der Waals surface area contributed by atoms with E-state index < -0.39 is 0 Å². The van der Waals surface area contributed by atoms with Crippen LogP contribution in [0.1, 0.15) is 43.2 Å². The smallest absolute Gasteiger partial charge is 0.160 e. The van der Waals surface area contributed by atoms with E-state index in [1.54, 1.807) is 0 Å². The first kappa shape index (κ1) is 28.6. The molecule has 1 aromatic heterocycles. The van der Waals surface area contributed by atoms with Crippen molar-refractivity contribution in [1.29, 1.82) is 0 Å². The van der Waals surface area contributed by atoms with Crippen LogP contribution in [-0.4, -0.2) is 9.97 Å². The molecule has 9 rings (SSSR count). The average molecular weight is 617 g/mol. The van der Waals surface area contributed by atoms with Crippen molar-refractivity contribution in [2.24, 2.45) is 0 Å². The molecule has 6 aromatic carbocycles. The van der Waals surface area contributed by atoms with Crippen molar-refractivity contribution in [3.05, 3.63) is 169 Å². The summed E-state index contributed by atoms with van der Waals surface area (Å²) in [5.74, 6) is 0.731. The van der Waals surface area contributed by atoms with Crippen LogP contribution in [0.15, 0.2) is 158 Å². The first-order valence-corrected chi connectivity index (χ1v) is 17.2. The Balaban J connectivity index is 1.16. The van der Waals surface area contributed by atoms with Crippen molar-refractivity contribution < 1.29 is 0 Å². The molecule has 1 spiro atoms. The van der Waals surface area contributed by atoms with Crippen LogP contribution in [0.3, 0.4) is 0 Å². The number of hydrogen-bond donors (Lipinski definition) is 0. The van der Waals surface area contributed by atoms with Gasteiger partial charge in [0.05, 0.1) is 11.4 Å². The summed E-state index contributed by atoms with van der Waals surface area (Å²) in [6, 6.07) is 56.8. The zero-order valence-corrected chi connectivity index (χ0v) is 26.9. The zero-order chi connectivity index (χ0) is 31.9. The summed E-state index contributed by atoms with van der Waals surface area (Å²) in [6.07, 6.45) is 6.40. The van der Waals surface area contributed by atoms with Gasteiger partial charge in [0.15, 0.2) is 5.82 Å². The topological polar surface area (TPSA) is 25.8 Å². The SMILES string of the molecule is c1ccc(-c2ccc(-c3cc(-c4cccc(-c5cccc6c5-c5ccccc5C65CCCCC5)c4)nc(-c4ccccc4)n3)cc2)cc1. The molecule has 0 N–H and O–H groups in total. The number of fused-ring (bicyclic) bond motifs is 5. The maximum atomic E-state index is 5.16. The fourth-order valence-electron chi connectivity index (χ4n) is 8.21. The zero-order valence-electron chi connectivity index (χ0n) is 26.9. The van der Waals surface area contributed by atoms with Crippen molar-refractivity contribution in [3.8, 4) is 67.3 Å². The molecule has 7 aromatic rings. The molecule has 230 valence electrons. The van der Waals surface area contributed by atoms with Gasteiger partial charge in [0, 0.05) is 22.1 Å². The van der Waals surface area contributed by atoms with Crippen LogP contribution in [0, 0.1) is 0 Å². The predicted molar refractivity (Wildman–Crippen MR) is 199 cm³/mol. The molecule has 0 atom stereocenters. The molecule has 2 aliphatic rings. The minimum Gasteiger partial charge on any atom is -0.228 e. The Bertz CT molecular complexity index is 2250. The van der Waals surface area contributed by atoms with E-state index in [0.717, 1.165) is 33.9 Å². The van der Waals surface area contributed by atoms with Gasteiger partial charge >= 0.3 is 0 Å². The van der Waals surface area contributed by atoms with Crippen LogP contribution < -0.4 is 0 Å². The number of hydrogen-bond acceptors (Lipinski definition) is 2.